The second-order valence-electron chi connectivity index (χ2n) is 13.2. The Bertz CT molecular complexity index is 2060. The topological polar surface area (TPSA) is 107 Å². The van der Waals surface area contributed by atoms with Crippen LogP contribution in [0.3, 0.4) is 0 Å². The number of nitrogens with zero attached hydrogens (tertiary/aromatic N) is 5. The molecule has 0 aliphatic carbocycles. The van der Waals surface area contributed by atoms with Gasteiger partial charge in [0.1, 0.15) is 11.5 Å². The van der Waals surface area contributed by atoms with Crippen molar-refractivity contribution >= 4 is 23.5 Å². The second kappa shape index (κ2) is 15.1. The number of rotatable bonds is 8. The first-order valence-corrected chi connectivity index (χ1v) is 17.1. The number of nitrogens with one attached hydrogen (secondary N) is 3. The van der Waals surface area contributed by atoms with E-state index in [0.717, 1.165) is 24.8 Å². The van der Waals surface area contributed by atoms with Crippen LogP contribution in [0.15, 0.2) is 48.7 Å². The van der Waals surface area contributed by atoms with E-state index in [-0.39, 0.29) is 35.7 Å². The first-order valence-electron chi connectivity index (χ1n) is 17.1. The molecule has 52 heavy (non-hydrogen) atoms. The highest BCUT2D eigenvalue weighted by atomic mass is 19.4. The van der Waals surface area contributed by atoms with Crippen molar-refractivity contribution in [1.82, 2.24) is 29.7 Å². The summed E-state index contributed by atoms with van der Waals surface area (Å²) in [5.41, 5.74) is 2.69. The van der Waals surface area contributed by atoms with Crippen molar-refractivity contribution in [3.63, 3.8) is 0 Å². The Balaban J connectivity index is 1.19. The number of fused-ring (bicyclic) bond motifs is 1. The molecule has 0 radical (unpaired) electrons. The van der Waals surface area contributed by atoms with Crippen molar-refractivity contribution < 1.29 is 27.2 Å². The van der Waals surface area contributed by atoms with E-state index in [4.69, 9.17) is 0 Å². The minimum atomic E-state index is -4.60. The fourth-order valence-electron chi connectivity index (χ4n) is 6.59. The summed E-state index contributed by atoms with van der Waals surface area (Å²) in [6.45, 7) is 7.81. The number of carbonyl (C=O) groups is 2. The molecule has 2 amide bonds. The standard InChI is InChI=1S/C38H40F4N8O2/c1-23(2)50-15-13-49(14-16-50)22-27-8-9-28(19-30(27)38(40,41)42)46-34(51)18-24-5-10-31(39)25(17-24)6-7-26-21-45-37(43-3)47-35(26)33-20-29-32(48(33)4)11-12-44-36(29)52/h5,8-10,17,19-21,23H,11-16,18,22H2,1-4H3,(H,44,52)(H,46,51)(H,43,45,47). The molecule has 0 unspecified atom stereocenters. The van der Waals surface area contributed by atoms with Crippen LogP contribution in [0.1, 0.15) is 57.7 Å². The number of piperazine rings is 1. The van der Waals surface area contributed by atoms with Gasteiger partial charge in [0.2, 0.25) is 11.9 Å². The smallest absolute Gasteiger partial charge is 0.357 e. The molecule has 3 N–H and O–H groups in total. The summed E-state index contributed by atoms with van der Waals surface area (Å²) in [5.74, 6) is 4.75. The Morgan fingerprint density at radius 2 is 1.79 bits per heavy atom. The molecule has 4 heterocycles. The fourth-order valence-corrected chi connectivity index (χ4v) is 6.59. The van der Waals surface area contributed by atoms with Gasteiger partial charge in [0.05, 0.1) is 34.4 Å². The van der Waals surface area contributed by atoms with Crippen LogP contribution in [0.2, 0.25) is 0 Å². The van der Waals surface area contributed by atoms with Crippen LogP contribution >= 0.6 is 0 Å². The van der Waals surface area contributed by atoms with Crippen molar-refractivity contribution in [2.75, 3.05) is 50.4 Å². The summed E-state index contributed by atoms with van der Waals surface area (Å²) in [6.07, 6.45) is -2.66. The van der Waals surface area contributed by atoms with Gasteiger partial charge in [-0.05, 0) is 55.3 Å². The number of hydrogen-bond donors (Lipinski definition) is 3. The Morgan fingerprint density at radius 3 is 2.48 bits per heavy atom. The number of benzene rings is 2. The zero-order valence-corrected chi connectivity index (χ0v) is 29.4. The van der Waals surface area contributed by atoms with Gasteiger partial charge in [-0.15, -0.1) is 0 Å². The molecule has 0 saturated carbocycles. The van der Waals surface area contributed by atoms with E-state index in [2.05, 4.69) is 56.5 Å². The summed E-state index contributed by atoms with van der Waals surface area (Å²) in [4.78, 5) is 38.7. The molecule has 2 aliphatic rings. The van der Waals surface area contributed by atoms with Crippen molar-refractivity contribution in [2.45, 2.75) is 45.5 Å². The normalized spacial score (nSPS) is 15.1. The van der Waals surface area contributed by atoms with E-state index in [9.17, 15) is 27.2 Å². The van der Waals surface area contributed by atoms with E-state index in [1.807, 2.05) is 16.5 Å². The highest BCUT2D eigenvalue weighted by Gasteiger charge is 2.34. The summed E-state index contributed by atoms with van der Waals surface area (Å²) in [6, 6.07) is 10.0. The van der Waals surface area contributed by atoms with Crippen LogP contribution in [0, 0.1) is 17.7 Å². The Morgan fingerprint density at radius 1 is 1.04 bits per heavy atom. The zero-order valence-electron chi connectivity index (χ0n) is 29.4. The van der Waals surface area contributed by atoms with Crippen molar-refractivity contribution in [3.05, 3.63) is 93.6 Å². The molecule has 2 aromatic carbocycles. The molecule has 6 rings (SSSR count). The Labute approximate surface area is 299 Å². The van der Waals surface area contributed by atoms with Crippen molar-refractivity contribution in [3.8, 4) is 23.2 Å². The number of halogens is 4. The van der Waals surface area contributed by atoms with E-state index < -0.39 is 23.5 Å². The molecular formula is C38H40F4N8O2. The van der Waals surface area contributed by atoms with E-state index in [0.29, 0.717) is 66.1 Å². The van der Waals surface area contributed by atoms with Crippen LogP contribution in [0.5, 0.6) is 0 Å². The highest BCUT2D eigenvalue weighted by Crippen LogP contribution is 2.35. The van der Waals surface area contributed by atoms with Gasteiger partial charge in [0.25, 0.3) is 5.91 Å². The SMILES string of the molecule is CNc1ncc(C#Cc2cc(CC(=O)Nc3ccc(CN4CCN(C(C)C)CC4)c(C(F)(F)F)c3)ccc2F)c(-c2cc3c(n2C)CCNC3=O)n1. The molecule has 1 fully saturated rings. The predicted molar refractivity (Wildman–Crippen MR) is 190 cm³/mol. The zero-order chi connectivity index (χ0) is 37.2. The number of carbonyl (C=O) groups excluding carboxylic acids is 2. The van der Waals surface area contributed by atoms with Crippen molar-refractivity contribution in [1.29, 1.82) is 0 Å². The molecule has 14 heteroatoms. The fraction of sp³-hybridized carbons (Fsp3) is 0.368. The summed E-state index contributed by atoms with van der Waals surface area (Å²) in [7, 11) is 3.51. The Kier molecular flexibility index (Phi) is 10.6. The van der Waals surface area contributed by atoms with Crippen LogP contribution in [-0.2, 0) is 37.4 Å². The van der Waals surface area contributed by atoms with Gasteiger partial charge in [0.15, 0.2) is 0 Å². The van der Waals surface area contributed by atoms with Crippen LogP contribution in [0.4, 0.5) is 29.2 Å². The third-order valence-corrected chi connectivity index (χ3v) is 9.46. The molecule has 272 valence electrons. The summed E-state index contributed by atoms with van der Waals surface area (Å²) >= 11 is 0. The van der Waals surface area contributed by atoms with Crippen LogP contribution in [-0.4, -0.2) is 82.0 Å². The lowest BCUT2D eigenvalue weighted by Gasteiger charge is -2.37. The van der Waals surface area contributed by atoms with Crippen LogP contribution < -0.4 is 16.0 Å². The molecule has 0 spiro atoms. The Hall–Kier alpha value is -5.26. The molecule has 0 bridgehead atoms. The monoisotopic (exact) mass is 716 g/mol. The highest BCUT2D eigenvalue weighted by molar-refractivity contribution is 5.98. The number of anilines is 2. The maximum absolute atomic E-state index is 15.0. The van der Waals surface area contributed by atoms with Gasteiger partial charge in [-0.3, -0.25) is 19.4 Å². The minimum absolute atomic E-state index is 0.0115. The summed E-state index contributed by atoms with van der Waals surface area (Å²) in [5, 5.41) is 8.30. The van der Waals surface area contributed by atoms with Gasteiger partial charge in [0, 0.05) is 83.4 Å². The largest absolute Gasteiger partial charge is 0.416 e. The lowest BCUT2D eigenvalue weighted by Crippen LogP contribution is -2.48. The predicted octanol–water partition coefficient (Wildman–Crippen LogP) is 5.07. The van der Waals surface area contributed by atoms with Gasteiger partial charge in [-0.25, -0.2) is 14.4 Å². The summed E-state index contributed by atoms with van der Waals surface area (Å²) < 4.78 is 59.3. The third kappa shape index (κ3) is 8.11. The first kappa shape index (κ1) is 36.5. The lowest BCUT2D eigenvalue weighted by atomic mass is 10.0. The molecule has 0 atom stereocenters. The molecule has 2 aromatic heterocycles. The maximum atomic E-state index is 15.0. The lowest BCUT2D eigenvalue weighted by molar-refractivity contribution is -0.138. The second-order valence-corrected chi connectivity index (χ2v) is 13.2. The number of aromatic nitrogens is 3. The van der Waals surface area contributed by atoms with Crippen LogP contribution in [0.25, 0.3) is 11.4 Å². The van der Waals surface area contributed by atoms with Crippen molar-refractivity contribution in [2.24, 2.45) is 7.05 Å². The van der Waals surface area contributed by atoms with Gasteiger partial charge in [-0.1, -0.05) is 24.0 Å². The van der Waals surface area contributed by atoms with Gasteiger partial charge in [-0.2, -0.15) is 13.2 Å². The quantitative estimate of drug-likeness (QED) is 0.173. The molecule has 2 aliphatic heterocycles. The molecule has 4 aromatic rings. The number of hydrogen-bond acceptors (Lipinski definition) is 7. The maximum Gasteiger partial charge on any atom is 0.416 e. The number of alkyl halides is 3. The number of amides is 2. The molecule has 1 saturated heterocycles. The molecular weight excluding hydrogens is 676 g/mol. The van der Waals surface area contributed by atoms with E-state index in [1.165, 1.54) is 36.5 Å². The average Bonchev–Trinajstić information content (AvgIpc) is 3.45. The van der Waals surface area contributed by atoms with Gasteiger partial charge < -0.3 is 20.5 Å². The van der Waals surface area contributed by atoms with E-state index in [1.54, 1.807) is 13.1 Å². The van der Waals surface area contributed by atoms with E-state index >= 15 is 0 Å². The molecule has 10 nitrogen and oxygen atoms in total. The van der Waals surface area contributed by atoms with Gasteiger partial charge >= 0.3 is 6.18 Å². The third-order valence-electron chi connectivity index (χ3n) is 9.46. The minimum Gasteiger partial charge on any atom is -0.357 e. The first-order chi connectivity index (χ1) is 24.8. The average molecular weight is 717 g/mol.